The molecule has 3 nitrogen and oxygen atoms in total. The molecule has 2 aliphatic carbocycles. The van der Waals surface area contributed by atoms with Gasteiger partial charge in [0, 0.05) is 25.2 Å². The van der Waals surface area contributed by atoms with Gasteiger partial charge in [0.2, 0.25) is 0 Å². The molecule has 3 heteroatoms. The highest BCUT2D eigenvalue weighted by Crippen LogP contribution is 2.52. The molecule has 0 amide bonds. The van der Waals surface area contributed by atoms with Crippen molar-refractivity contribution in [2.75, 3.05) is 4.90 Å². The van der Waals surface area contributed by atoms with Crippen LogP contribution in [0.1, 0.15) is 44.8 Å². The number of pyridine rings is 2. The molecule has 0 unspecified atom stereocenters. The zero-order valence-corrected chi connectivity index (χ0v) is 19.2. The summed E-state index contributed by atoms with van der Waals surface area (Å²) in [5.41, 5.74) is 20.2. The maximum atomic E-state index is 4.76. The molecule has 3 aromatic carbocycles. The van der Waals surface area contributed by atoms with Gasteiger partial charge in [-0.1, -0.05) is 30.3 Å². The molecule has 5 aromatic rings. The summed E-state index contributed by atoms with van der Waals surface area (Å²) in [6.45, 7) is 0. The summed E-state index contributed by atoms with van der Waals surface area (Å²) in [5, 5.41) is 0. The van der Waals surface area contributed by atoms with Crippen LogP contribution in [0.25, 0.3) is 22.3 Å². The van der Waals surface area contributed by atoms with Crippen molar-refractivity contribution in [3.8, 4) is 22.3 Å². The largest absolute Gasteiger partial charge is 0.306 e. The fraction of sp³-hybridized carbons (Fsp3) is 0.125. The Hall–Kier alpha value is -4.24. The molecular formula is C32H21N3. The lowest BCUT2D eigenvalue weighted by atomic mass is 9.88. The van der Waals surface area contributed by atoms with Crippen LogP contribution in [0.5, 0.6) is 0 Å². The lowest BCUT2D eigenvalue weighted by molar-refractivity contribution is 0.926. The SMILES string of the molecule is c1ccc2c(c1)Cc1cc3c(cc1-2)-c1cc2c(cc1C3)N1c3cccnc3Cc3nccc(c31)C2. The summed E-state index contributed by atoms with van der Waals surface area (Å²) in [5.74, 6) is 0. The van der Waals surface area contributed by atoms with Crippen molar-refractivity contribution in [2.45, 2.75) is 25.7 Å². The number of anilines is 3. The molecule has 9 rings (SSSR count). The normalized spacial score (nSPS) is 14.9. The highest BCUT2D eigenvalue weighted by molar-refractivity contribution is 5.92. The molecule has 0 N–H and O–H groups in total. The number of hydrogen-bond donors (Lipinski definition) is 0. The number of hydrogen-bond acceptors (Lipinski definition) is 3. The minimum Gasteiger partial charge on any atom is -0.306 e. The number of benzene rings is 3. The first-order valence-electron chi connectivity index (χ1n) is 12.4. The van der Waals surface area contributed by atoms with E-state index >= 15 is 0 Å². The Morgan fingerprint density at radius 3 is 2.23 bits per heavy atom. The Labute approximate surface area is 203 Å². The van der Waals surface area contributed by atoms with Crippen molar-refractivity contribution < 1.29 is 0 Å². The zero-order chi connectivity index (χ0) is 22.7. The van der Waals surface area contributed by atoms with Gasteiger partial charge >= 0.3 is 0 Å². The maximum absolute atomic E-state index is 4.76. The summed E-state index contributed by atoms with van der Waals surface area (Å²) in [6.07, 6.45) is 7.66. The predicted molar refractivity (Wildman–Crippen MR) is 139 cm³/mol. The second-order valence-corrected chi connectivity index (χ2v) is 10.2. The van der Waals surface area contributed by atoms with Crippen LogP contribution in [0.3, 0.4) is 0 Å². The van der Waals surface area contributed by atoms with Gasteiger partial charge in [-0.25, -0.2) is 0 Å². The van der Waals surface area contributed by atoms with E-state index in [1.54, 1.807) is 0 Å². The number of nitrogens with zero attached hydrogens (tertiary/aromatic N) is 3. The van der Waals surface area contributed by atoms with Crippen molar-refractivity contribution in [1.82, 2.24) is 9.97 Å². The van der Waals surface area contributed by atoms with E-state index < -0.39 is 0 Å². The van der Waals surface area contributed by atoms with E-state index in [2.05, 4.69) is 71.6 Å². The van der Waals surface area contributed by atoms with Crippen molar-refractivity contribution in [3.05, 3.63) is 124 Å². The highest BCUT2D eigenvalue weighted by atomic mass is 15.2. The minimum atomic E-state index is 0.800. The minimum absolute atomic E-state index is 0.800. The fourth-order valence-electron chi connectivity index (χ4n) is 6.85. The van der Waals surface area contributed by atoms with Crippen LogP contribution in [0.4, 0.5) is 17.1 Å². The first kappa shape index (κ1) is 18.1. The smallest absolute Gasteiger partial charge is 0.0717 e. The molecule has 2 aromatic heterocycles. The third-order valence-corrected chi connectivity index (χ3v) is 8.36. The Kier molecular flexibility index (Phi) is 3.24. The van der Waals surface area contributed by atoms with Gasteiger partial charge in [0.05, 0.1) is 28.5 Å². The molecule has 0 atom stereocenters. The quantitative estimate of drug-likeness (QED) is 0.253. The van der Waals surface area contributed by atoms with Crippen molar-refractivity contribution in [1.29, 1.82) is 0 Å². The lowest BCUT2D eigenvalue weighted by Gasteiger charge is -2.38. The molecule has 0 spiro atoms. The average Bonchev–Trinajstić information content (AvgIpc) is 3.42. The van der Waals surface area contributed by atoms with Crippen LogP contribution in [0.15, 0.2) is 79.1 Å². The van der Waals surface area contributed by atoms with Crippen LogP contribution in [0.2, 0.25) is 0 Å². The van der Waals surface area contributed by atoms with Crippen LogP contribution in [-0.4, -0.2) is 9.97 Å². The molecule has 164 valence electrons. The Bertz CT molecular complexity index is 1760. The van der Waals surface area contributed by atoms with Gasteiger partial charge in [-0.05, 0) is 105 Å². The molecule has 0 saturated heterocycles. The van der Waals surface area contributed by atoms with Crippen LogP contribution in [0, 0.1) is 0 Å². The van der Waals surface area contributed by atoms with E-state index in [1.165, 1.54) is 72.7 Å². The van der Waals surface area contributed by atoms with Crippen molar-refractivity contribution >= 4 is 17.1 Å². The first-order valence-corrected chi connectivity index (χ1v) is 12.4. The zero-order valence-electron chi connectivity index (χ0n) is 19.2. The van der Waals surface area contributed by atoms with Gasteiger partial charge in [-0.2, -0.15) is 0 Å². The van der Waals surface area contributed by atoms with Crippen LogP contribution >= 0.6 is 0 Å². The Morgan fingerprint density at radius 2 is 1.26 bits per heavy atom. The predicted octanol–water partition coefficient (Wildman–Crippen LogP) is 6.90. The van der Waals surface area contributed by atoms with Gasteiger partial charge in [-0.3, -0.25) is 9.97 Å². The summed E-state index contributed by atoms with van der Waals surface area (Å²) in [6, 6.07) is 25.2. The van der Waals surface area contributed by atoms with Gasteiger partial charge in [0.25, 0.3) is 0 Å². The van der Waals surface area contributed by atoms with Gasteiger partial charge < -0.3 is 4.90 Å². The van der Waals surface area contributed by atoms with Crippen molar-refractivity contribution in [2.24, 2.45) is 0 Å². The topological polar surface area (TPSA) is 29.0 Å². The monoisotopic (exact) mass is 447 g/mol. The molecule has 0 fully saturated rings. The maximum Gasteiger partial charge on any atom is 0.0717 e. The third-order valence-electron chi connectivity index (χ3n) is 8.36. The lowest BCUT2D eigenvalue weighted by Crippen LogP contribution is -2.26. The van der Waals surface area contributed by atoms with Gasteiger partial charge in [0.15, 0.2) is 0 Å². The number of rotatable bonds is 0. The van der Waals surface area contributed by atoms with Crippen LogP contribution in [-0.2, 0) is 25.7 Å². The fourth-order valence-corrected chi connectivity index (χ4v) is 6.85. The van der Waals surface area contributed by atoms with E-state index in [1.807, 2.05) is 12.4 Å². The van der Waals surface area contributed by atoms with Crippen LogP contribution < -0.4 is 4.90 Å². The Morgan fingerprint density at radius 1 is 0.486 bits per heavy atom. The number of aromatic nitrogens is 2. The van der Waals surface area contributed by atoms with E-state index in [0.29, 0.717) is 0 Å². The van der Waals surface area contributed by atoms with Gasteiger partial charge in [0.1, 0.15) is 0 Å². The third kappa shape index (κ3) is 2.30. The Balaban J connectivity index is 1.25. The molecule has 0 saturated carbocycles. The summed E-state index contributed by atoms with van der Waals surface area (Å²) in [7, 11) is 0. The summed E-state index contributed by atoms with van der Waals surface area (Å²) in [4.78, 5) is 11.9. The van der Waals surface area contributed by atoms with E-state index in [-0.39, 0.29) is 0 Å². The highest BCUT2D eigenvalue weighted by Gasteiger charge is 2.34. The van der Waals surface area contributed by atoms with E-state index in [4.69, 9.17) is 9.97 Å². The van der Waals surface area contributed by atoms with E-state index in [0.717, 1.165) is 37.1 Å². The summed E-state index contributed by atoms with van der Waals surface area (Å²) < 4.78 is 0. The second kappa shape index (κ2) is 6.25. The molecular weight excluding hydrogens is 426 g/mol. The molecule has 0 bridgehead atoms. The van der Waals surface area contributed by atoms with Gasteiger partial charge in [-0.15, -0.1) is 0 Å². The molecule has 35 heavy (non-hydrogen) atoms. The van der Waals surface area contributed by atoms with Crippen molar-refractivity contribution in [3.63, 3.8) is 0 Å². The first-order chi connectivity index (χ1) is 17.3. The summed E-state index contributed by atoms with van der Waals surface area (Å²) >= 11 is 0. The standard InChI is InChI=1S/C32H21N3/c1-2-5-24-18(4-1)10-20-12-21-13-22-15-31-23(14-25(22)27(21)16-26(20)24)11-19-7-9-34-29-17-28-30(6-3-8-33-28)35(31)32(19)29/h1-9,12,14-16H,10-11,13,17H2. The molecule has 4 heterocycles. The van der Waals surface area contributed by atoms with E-state index in [9.17, 15) is 0 Å². The second-order valence-electron chi connectivity index (χ2n) is 10.2. The molecule has 2 aliphatic heterocycles. The average molecular weight is 448 g/mol. The molecule has 0 radical (unpaired) electrons. The number of fused-ring (bicyclic) bond motifs is 10. The molecule has 4 aliphatic rings.